The molecule has 2 aliphatic rings. The minimum absolute atomic E-state index is 0.638. The van der Waals surface area contributed by atoms with Crippen molar-refractivity contribution >= 4 is 6.21 Å². The number of fused-ring (bicyclic) bond motifs is 1. The third-order valence-corrected chi connectivity index (χ3v) is 2.49. The van der Waals surface area contributed by atoms with E-state index in [9.17, 15) is 0 Å². The maximum absolute atomic E-state index is 4.48. The molecule has 1 aliphatic carbocycles. The molecule has 0 radical (unpaired) electrons. The van der Waals surface area contributed by atoms with Crippen molar-refractivity contribution in [3.05, 3.63) is 12.2 Å². The molecular weight excluding hydrogens is 122 g/mol. The molecule has 1 aliphatic heterocycles. The van der Waals surface area contributed by atoms with Gasteiger partial charge in [0.15, 0.2) is 0 Å². The van der Waals surface area contributed by atoms with Gasteiger partial charge in [0.25, 0.3) is 0 Å². The Morgan fingerprint density at radius 1 is 1.20 bits per heavy atom. The van der Waals surface area contributed by atoms with E-state index in [1.54, 1.807) is 0 Å². The van der Waals surface area contributed by atoms with E-state index in [1.165, 1.54) is 25.7 Å². The molecule has 0 aromatic rings. The lowest BCUT2D eigenvalue weighted by molar-refractivity contribution is 0.381. The van der Waals surface area contributed by atoms with Crippen LogP contribution in [0.5, 0.6) is 0 Å². The molecule has 0 fully saturated rings. The summed E-state index contributed by atoms with van der Waals surface area (Å²) in [6, 6.07) is 0.638. The van der Waals surface area contributed by atoms with Crippen LogP contribution in [0.25, 0.3) is 0 Å². The Bertz CT molecular complexity index is 170. The minimum Gasteiger partial charge on any atom is -0.294 e. The van der Waals surface area contributed by atoms with Gasteiger partial charge in [0, 0.05) is 0 Å². The maximum atomic E-state index is 4.48. The molecule has 0 aromatic carbocycles. The molecule has 0 spiro atoms. The van der Waals surface area contributed by atoms with Gasteiger partial charge in [-0.25, -0.2) is 0 Å². The molecule has 0 saturated carbocycles. The molecule has 10 heavy (non-hydrogen) atoms. The number of hydrogen-bond donors (Lipinski definition) is 0. The fourth-order valence-corrected chi connectivity index (χ4v) is 1.85. The van der Waals surface area contributed by atoms with Crippen LogP contribution < -0.4 is 0 Å². The molecule has 0 saturated heterocycles. The zero-order valence-electron chi connectivity index (χ0n) is 6.16. The molecule has 54 valence electrons. The van der Waals surface area contributed by atoms with Crippen LogP contribution in [0.15, 0.2) is 17.1 Å². The smallest absolute Gasteiger partial charge is 0.0561 e. The zero-order chi connectivity index (χ0) is 6.81. The van der Waals surface area contributed by atoms with E-state index in [0.717, 1.165) is 5.92 Å². The molecule has 2 unspecified atom stereocenters. The molecule has 0 N–H and O–H groups in total. The molecule has 1 heteroatoms. The summed E-state index contributed by atoms with van der Waals surface area (Å²) in [5.41, 5.74) is 0. The van der Waals surface area contributed by atoms with Crippen molar-refractivity contribution in [2.24, 2.45) is 10.9 Å². The number of hydrogen-bond acceptors (Lipinski definition) is 1. The normalized spacial score (nSPS) is 37.6. The highest BCUT2D eigenvalue weighted by molar-refractivity contribution is 5.58. The molecule has 1 nitrogen and oxygen atoms in total. The number of aliphatic imine (C=N–C) groups is 1. The van der Waals surface area contributed by atoms with Crippen molar-refractivity contribution in [1.29, 1.82) is 0 Å². The van der Waals surface area contributed by atoms with Crippen LogP contribution in [-0.2, 0) is 0 Å². The Hall–Kier alpha value is -0.590. The van der Waals surface area contributed by atoms with E-state index in [2.05, 4.69) is 23.4 Å². The summed E-state index contributed by atoms with van der Waals surface area (Å²) in [4.78, 5) is 4.48. The van der Waals surface area contributed by atoms with Crippen molar-refractivity contribution in [3.8, 4) is 0 Å². The minimum atomic E-state index is 0.638. The maximum Gasteiger partial charge on any atom is 0.0561 e. The fourth-order valence-electron chi connectivity index (χ4n) is 1.85. The molecule has 0 amide bonds. The zero-order valence-corrected chi connectivity index (χ0v) is 6.16. The Morgan fingerprint density at radius 3 is 3.00 bits per heavy atom. The van der Waals surface area contributed by atoms with Crippen molar-refractivity contribution in [1.82, 2.24) is 0 Å². The Balaban J connectivity index is 2.12. The van der Waals surface area contributed by atoms with Crippen LogP contribution in [0.4, 0.5) is 0 Å². The Kier molecular flexibility index (Phi) is 1.58. The van der Waals surface area contributed by atoms with E-state index < -0.39 is 0 Å². The van der Waals surface area contributed by atoms with E-state index >= 15 is 0 Å². The number of rotatable bonds is 0. The van der Waals surface area contributed by atoms with Gasteiger partial charge in [0.1, 0.15) is 0 Å². The largest absolute Gasteiger partial charge is 0.294 e. The SMILES string of the molecule is C1=CCC2N=CCCC2C1. The predicted molar refractivity (Wildman–Crippen MR) is 43.4 cm³/mol. The van der Waals surface area contributed by atoms with E-state index in [-0.39, 0.29) is 0 Å². The summed E-state index contributed by atoms with van der Waals surface area (Å²) in [7, 11) is 0. The van der Waals surface area contributed by atoms with Crippen molar-refractivity contribution in [2.75, 3.05) is 0 Å². The van der Waals surface area contributed by atoms with Crippen LogP contribution in [0, 0.1) is 5.92 Å². The number of nitrogens with zero attached hydrogens (tertiary/aromatic N) is 1. The summed E-state index contributed by atoms with van der Waals surface area (Å²) in [6.45, 7) is 0. The van der Waals surface area contributed by atoms with E-state index in [4.69, 9.17) is 0 Å². The first-order valence-corrected chi connectivity index (χ1v) is 4.13. The first-order valence-electron chi connectivity index (χ1n) is 4.13. The molecule has 2 atom stereocenters. The van der Waals surface area contributed by atoms with Gasteiger partial charge in [0.2, 0.25) is 0 Å². The Labute approximate surface area is 61.9 Å². The lowest BCUT2D eigenvalue weighted by atomic mass is 9.84. The van der Waals surface area contributed by atoms with E-state index in [1.807, 2.05) is 0 Å². The Morgan fingerprint density at radius 2 is 2.10 bits per heavy atom. The van der Waals surface area contributed by atoms with Gasteiger partial charge in [-0.05, 0) is 37.8 Å². The molecule has 1 heterocycles. The summed E-state index contributed by atoms with van der Waals surface area (Å²) in [6.07, 6.45) is 11.7. The van der Waals surface area contributed by atoms with Gasteiger partial charge in [-0.1, -0.05) is 12.2 Å². The average Bonchev–Trinajstić information content (AvgIpc) is 2.05. The van der Waals surface area contributed by atoms with Crippen molar-refractivity contribution < 1.29 is 0 Å². The van der Waals surface area contributed by atoms with Crippen LogP contribution in [0.1, 0.15) is 25.7 Å². The summed E-state index contributed by atoms with van der Waals surface area (Å²) in [5, 5.41) is 0. The average molecular weight is 135 g/mol. The van der Waals surface area contributed by atoms with Gasteiger partial charge in [-0.15, -0.1) is 0 Å². The highest BCUT2D eigenvalue weighted by Crippen LogP contribution is 2.28. The molecular formula is C9H13N. The van der Waals surface area contributed by atoms with Gasteiger partial charge in [-0.3, -0.25) is 4.99 Å². The van der Waals surface area contributed by atoms with Crippen LogP contribution in [-0.4, -0.2) is 12.3 Å². The first kappa shape index (κ1) is 6.14. The second-order valence-electron chi connectivity index (χ2n) is 3.18. The third-order valence-electron chi connectivity index (χ3n) is 2.49. The van der Waals surface area contributed by atoms with Crippen molar-refractivity contribution in [2.45, 2.75) is 31.7 Å². The summed E-state index contributed by atoms with van der Waals surface area (Å²) in [5.74, 6) is 0.870. The molecule has 0 bridgehead atoms. The lowest BCUT2D eigenvalue weighted by Crippen LogP contribution is -2.23. The standard InChI is InChI=1S/C9H13N/c1-2-6-9-8(4-1)5-3-7-10-9/h1-2,7-9H,3-6H2. The summed E-state index contributed by atoms with van der Waals surface area (Å²) >= 11 is 0. The highest BCUT2D eigenvalue weighted by atomic mass is 14.8. The molecule has 2 rings (SSSR count). The third kappa shape index (κ3) is 1.00. The van der Waals surface area contributed by atoms with Crippen LogP contribution in [0.2, 0.25) is 0 Å². The second kappa shape index (κ2) is 2.57. The van der Waals surface area contributed by atoms with E-state index in [0.29, 0.717) is 6.04 Å². The van der Waals surface area contributed by atoms with Crippen molar-refractivity contribution in [3.63, 3.8) is 0 Å². The summed E-state index contributed by atoms with van der Waals surface area (Å²) < 4.78 is 0. The van der Waals surface area contributed by atoms with Gasteiger partial charge in [0.05, 0.1) is 6.04 Å². The monoisotopic (exact) mass is 135 g/mol. The topological polar surface area (TPSA) is 12.4 Å². The highest BCUT2D eigenvalue weighted by Gasteiger charge is 2.22. The van der Waals surface area contributed by atoms with Crippen LogP contribution >= 0.6 is 0 Å². The number of allylic oxidation sites excluding steroid dienone is 1. The van der Waals surface area contributed by atoms with Gasteiger partial charge >= 0.3 is 0 Å². The quantitative estimate of drug-likeness (QED) is 0.451. The molecule has 0 aromatic heterocycles. The fraction of sp³-hybridized carbons (Fsp3) is 0.667. The van der Waals surface area contributed by atoms with Gasteiger partial charge < -0.3 is 0 Å². The second-order valence-corrected chi connectivity index (χ2v) is 3.18. The van der Waals surface area contributed by atoms with Gasteiger partial charge in [-0.2, -0.15) is 0 Å². The predicted octanol–water partition coefficient (Wildman–Crippen LogP) is 2.19. The van der Waals surface area contributed by atoms with Crippen LogP contribution in [0.3, 0.4) is 0 Å². The first-order chi connectivity index (χ1) is 4.97. The lowest BCUT2D eigenvalue weighted by Gasteiger charge is -2.27.